The summed E-state index contributed by atoms with van der Waals surface area (Å²) in [6.07, 6.45) is -0.787. The largest absolute Gasteiger partial charge is 0.365 e. The van der Waals surface area contributed by atoms with Gasteiger partial charge in [-0.1, -0.05) is 13.0 Å². The quantitative estimate of drug-likeness (QED) is 0.711. The Hall–Kier alpha value is -2.19. The van der Waals surface area contributed by atoms with Gasteiger partial charge in [0, 0.05) is 37.3 Å². The van der Waals surface area contributed by atoms with Crippen LogP contribution in [0.5, 0.6) is 0 Å². The third-order valence-corrected chi connectivity index (χ3v) is 5.78. The summed E-state index contributed by atoms with van der Waals surface area (Å²) in [5, 5.41) is 14.8. The number of piperazine rings is 1. The van der Waals surface area contributed by atoms with Gasteiger partial charge in [-0.05, 0) is 44.9 Å². The molecule has 0 radical (unpaired) electrons. The highest BCUT2D eigenvalue weighted by molar-refractivity contribution is 5.89. The van der Waals surface area contributed by atoms with Crippen LogP contribution in [-0.4, -0.2) is 59.4 Å². The van der Waals surface area contributed by atoms with E-state index in [1.165, 1.54) is 6.07 Å². The molecule has 0 spiro atoms. The molecular formula is C20H29FN4O3. The third kappa shape index (κ3) is 3.98. The van der Waals surface area contributed by atoms with E-state index in [0.29, 0.717) is 26.1 Å². The van der Waals surface area contributed by atoms with Gasteiger partial charge in [0.05, 0.1) is 5.54 Å². The van der Waals surface area contributed by atoms with Crippen LogP contribution >= 0.6 is 0 Å². The second-order valence-corrected chi connectivity index (χ2v) is 8.22. The van der Waals surface area contributed by atoms with Gasteiger partial charge in [-0.15, -0.1) is 0 Å². The van der Waals surface area contributed by atoms with Crippen molar-refractivity contribution in [3.63, 3.8) is 0 Å². The maximum absolute atomic E-state index is 13.7. The number of aryl methyl sites for hydroxylation is 1. The van der Waals surface area contributed by atoms with Crippen molar-refractivity contribution in [1.82, 2.24) is 15.5 Å². The molecule has 3 N–H and O–H groups in total. The molecule has 1 aromatic carbocycles. The van der Waals surface area contributed by atoms with Gasteiger partial charge in [-0.25, -0.2) is 4.39 Å². The zero-order valence-electron chi connectivity index (χ0n) is 16.8. The van der Waals surface area contributed by atoms with E-state index in [2.05, 4.69) is 15.5 Å². The zero-order chi connectivity index (χ0) is 20.6. The van der Waals surface area contributed by atoms with Crippen LogP contribution < -0.4 is 15.5 Å². The Labute approximate surface area is 164 Å². The van der Waals surface area contributed by atoms with E-state index in [9.17, 15) is 19.1 Å². The maximum Gasteiger partial charge on any atom is 0.243 e. The molecule has 0 saturated carbocycles. The number of nitrogens with one attached hydrogen (secondary N) is 2. The molecule has 7 nitrogen and oxygen atoms in total. The van der Waals surface area contributed by atoms with Crippen LogP contribution in [0.4, 0.5) is 10.1 Å². The molecule has 0 bridgehead atoms. The van der Waals surface area contributed by atoms with Crippen molar-refractivity contribution in [2.75, 3.05) is 24.5 Å². The van der Waals surface area contributed by atoms with E-state index in [4.69, 9.17) is 0 Å². The fourth-order valence-corrected chi connectivity index (χ4v) is 4.26. The number of aliphatic hydroxyl groups is 1. The Morgan fingerprint density at radius 2 is 2.14 bits per heavy atom. The lowest BCUT2D eigenvalue weighted by Crippen LogP contribution is -2.56. The predicted octanol–water partition coefficient (Wildman–Crippen LogP) is 0.951. The van der Waals surface area contributed by atoms with Gasteiger partial charge in [-0.3, -0.25) is 14.9 Å². The minimum atomic E-state index is -1.09. The van der Waals surface area contributed by atoms with Crippen molar-refractivity contribution in [3.05, 3.63) is 29.6 Å². The molecule has 2 heterocycles. The first-order valence-electron chi connectivity index (χ1n) is 9.69. The Morgan fingerprint density at radius 3 is 2.75 bits per heavy atom. The number of rotatable bonds is 4. The minimum absolute atomic E-state index is 0.0142. The van der Waals surface area contributed by atoms with Gasteiger partial charge in [-0.2, -0.15) is 0 Å². The summed E-state index contributed by atoms with van der Waals surface area (Å²) in [5.41, 5.74) is 0.896. The van der Waals surface area contributed by atoms with Crippen LogP contribution in [0.15, 0.2) is 18.2 Å². The molecule has 0 aliphatic carbocycles. The second kappa shape index (κ2) is 7.67. The number of hydrogen-bond donors (Lipinski definition) is 3. The van der Waals surface area contributed by atoms with Gasteiger partial charge in [0.2, 0.25) is 11.8 Å². The summed E-state index contributed by atoms with van der Waals surface area (Å²) in [5.74, 6) is -0.958. The van der Waals surface area contributed by atoms with E-state index in [-0.39, 0.29) is 29.6 Å². The van der Waals surface area contributed by atoms with Crippen LogP contribution in [0.25, 0.3) is 0 Å². The van der Waals surface area contributed by atoms with Crippen LogP contribution in [0.3, 0.4) is 0 Å². The number of hydrogen-bond acceptors (Lipinski definition) is 5. The highest BCUT2D eigenvalue weighted by Crippen LogP contribution is 2.27. The molecule has 2 aliphatic heterocycles. The standard InChI is InChI=1S/C20H29FN4O3/c1-12-5-6-15(21)9-16(12)25-8-7-24(11-14(25)3)17(26)13(2)10-20(4)18(27)22-19(28)23-20/h5-6,9,13-14,19,23,28H,7-8,10-11H2,1-4H3,(H,22,27)/t13?,14-,19?,20?/m0/s1. The molecule has 2 amide bonds. The van der Waals surface area contributed by atoms with E-state index < -0.39 is 11.9 Å². The lowest BCUT2D eigenvalue weighted by Gasteiger charge is -2.43. The zero-order valence-corrected chi connectivity index (χ0v) is 16.8. The molecule has 2 aliphatic rings. The molecule has 0 aromatic heterocycles. The molecule has 1 aromatic rings. The smallest absolute Gasteiger partial charge is 0.243 e. The number of carbonyl (C=O) groups excluding carboxylic acids is 2. The monoisotopic (exact) mass is 392 g/mol. The minimum Gasteiger partial charge on any atom is -0.365 e. The van der Waals surface area contributed by atoms with Crippen molar-refractivity contribution in [2.45, 2.75) is 52.0 Å². The van der Waals surface area contributed by atoms with Crippen LogP contribution in [0.1, 0.15) is 32.8 Å². The van der Waals surface area contributed by atoms with E-state index in [0.717, 1.165) is 11.3 Å². The second-order valence-electron chi connectivity index (χ2n) is 8.22. The molecular weight excluding hydrogens is 363 g/mol. The number of halogens is 1. The summed E-state index contributed by atoms with van der Waals surface area (Å²) in [4.78, 5) is 29.0. The number of anilines is 1. The first kappa shape index (κ1) is 20.5. The molecule has 154 valence electrons. The van der Waals surface area contributed by atoms with Crippen LogP contribution in [0.2, 0.25) is 0 Å². The summed E-state index contributed by atoms with van der Waals surface area (Å²) < 4.78 is 13.7. The molecule has 8 heteroatoms. The summed E-state index contributed by atoms with van der Waals surface area (Å²) >= 11 is 0. The Balaban J connectivity index is 1.64. The highest BCUT2D eigenvalue weighted by Gasteiger charge is 2.44. The summed E-state index contributed by atoms with van der Waals surface area (Å²) in [6.45, 7) is 9.18. The predicted molar refractivity (Wildman–Crippen MR) is 104 cm³/mol. The maximum atomic E-state index is 13.7. The summed E-state index contributed by atoms with van der Waals surface area (Å²) in [6, 6.07) is 4.82. The molecule has 4 atom stereocenters. The van der Waals surface area contributed by atoms with Crippen molar-refractivity contribution >= 4 is 17.5 Å². The first-order chi connectivity index (χ1) is 13.1. The topological polar surface area (TPSA) is 84.9 Å². The van der Waals surface area contributed by atoms with E-state index in [1.807, 2.05) is 18.7 Å². The number of nitrogens with zero attached hydrogens (tertiary/aromatic N) is 2. The number of amides is 2. The van der Waals surface area contributed by atoms with Gasteiger partial charge in [0.25, 0.3) is 0 Å². The van der Waals surface area contributed by atoms with Crippen molar-refractivity contribution in [3.8, 4) is 0 Å². The average molecular weight is 392 g/mol. The molecule has 28 heavy (non-hydrogen) atoms. The lowest BCUT2D eigenvalue weighted by atomic mass is 9.89. The fourth-order valence-electron chi connectivity index (χ4n) is 4.26. The molecule has 2 saturated heterocycles. The van der Waals surface area contributed by atoms with Gasteiger partial charge in [0.1, 0.15) is 5.82 Å². The Kier molecular flexibility index (Phi) is 5.63. The van der Waals surface area contributed by atoms with E-state index >= 15 is 0 Å². The normalized spacial score (nSPS) is 29.0. The van der Waals surface area contributed by atoms with Crippen molar-refractivity contribution < 1.29 is 19.1 Å². The van der Waals surface area contributed by atoms with Crippen LogP contribution in [-0.2, 0) is 9.59 Å². The van der Waals surface area contributed by atoms with Crippen LogP contribution in [0, 0.1) is 18.7 Å². The number of benzene rings is 1. The lowest BCUT2D eigenvalue weighted by molar-refractivity contribution is -0.137. The van der Waals surface area contributed by atoms with Crippen molar-refractivity contribution in [2.24, 2.45) is 5.92 Å². The average Bonchev–Trinajstić information content (AvgIpc) is 2.88. The molecule has 3 unspecified atom stereocenters. The molecule has 2 fully saturated rings. The van der Waals surface area contributed by atoms with Crippen molar-refractivity contribution in [1.29, 1.82) is 0 Å². The summed E-state index contributed by atoms with van der Waals surface area (Å²) in [7, 11) is 0. The van der Waals surface area contributed by atoms with Gasteiger partial charge < -0.3 is 20.2 Å². The number of aliphatic hydroxyl groups excluding tert-OH is 1. The Morgan fingerprint density at radius 1 is 1.43 bits per heavy atom. The molecule has 3 rings (SSSR count). The highest BCUT2D eigenvalue weighted by atomic mass is 19.1. The number of carbonyl (C=O) groups is 2. The Bertz CT molecular complexity index is 774. The van der Waals surface area contributed by atoms with Gasteiger partial charge in [0.15, 0.2) is 6.35 Å². The fraction of sp³-hybridized carbons (Fsp3) is 0.600. The first-order valence-corrected chi connectivity index (χ1v) is 9.69. The van der Waals surface area contributed by atoms with Gasteiger partial charge >= 0.3 is 0 Å². The van der Waals surface area contributed by atoms with E-state index in [1.54, 1.807) is 26.0 Å². The SMILES string of the molecule is Cc1ccc(F)cc1N1CCN(C(=O)C(C)CC2(C)NC(O)NC2=O)C[C@@H]1C. The third-order valence-electron chi connectivity index (χ3n) is 5.78.